The van der Waals surface area contributed by atoms with Crippen LogP contribution in [-0.4, -0.2) is 64.2 Å². The number of hydrogen-bond donors (Lipinski definition) is 0. The molecular weight excluding hydrogens is 557 g/mol. The average molecular weight is 583 g/mol. The summed E-state index contributed by atoms with van der Waals surface area (Å²) >= 11 is 1.52. The molecule has 1 radical (unpaired) electrons. The van der Waals surface area contributed by atoms with Gasteiger partial charge in [-0.1, -0.05) is 34.7 Å². The Labute approximate surface area is 253 Å². The van der Waals surface area contributed by atoms with E-state index in [1.165, 1.54) is 29.5 Å². The second-order valence-electron chi connectivity index (χ2n) is 10.5. The summed E-state index contributed by atoms with van der Waals surface area (Å²) in [7, 11) is 0. The van der Waals surface area contributed by atoms with Crippen LogP contribution in [0.2, 0.25) is 0 Å². The van der Waals surface area contributed by atoms with Crippen molar-refractivity contribution in [1.29, 1.82) is 0 Å². The molecule has 2 unspecified atom stereocenters. The van der Waals surface area contributed by atoms with Crippen molar-refractivity contribution >= 4 is 56.2 Å². The Hall–Kier alpha value is -2.18. The molecule has 2 saturated heterocycles. The van der Waals surface area contributed by atoms with Crippen molar-refractivity contribution in [3.8, 4) is 17.0 Å². The molecule has 2 atom stereocenters. The number of piperidine rings is 1. The van der Waals surface area contributed by atoms with Crippen molar-refractivity contribution in [2.45, 2.75) is 75.6 Å². The third kappa shape index (κ3) is 5.38. The van der Waals surface area contributed by atoms with Crippen molar-refractivity contribution in [3.63, 3.8) is 0 Å². The van der Waals surface area contributed by atoms with Gasteiger partial charge < -0.3 is 18.9 Å². The van der Waals surface area contributed by atoms with Gasteiger partial charge >= 0.3 is 6.36 Å². The zero-order valence-electron chi connectivity index (χ0n) is 21.8. The molecule has 12 heteroatoms. The van der Waals surface area contributed by atoms with Crippen LogP contribution in [0, 0.1) is 5.82 Å². The summed E-state index contributed by atoms with van der Waals surface area (Å²) in [4.78, 5) is 6.95. The minimum Gasteiger partial charge on any atom is -0.405 e. The molecule has 2 aliphatic heterocycles. The topological polar surface area (TPSA) is 60.6 Å². The quantitative estimate of drug-likeness (QED) is 0.170. The van der Waals surface area contributed by atoms with Gasteiger partial charge in [0, 0.05) is 58.7 Å². The Morgan fingerprint density at radius 3 is 2.45 bits per heavy atom. The molecule has 205 valence electrons. The first-order valence-corrected chi connectivity index (χ1v) is 13.9. The number of rotatable bonds is 7. The van der Waals surface area contributed by atoms with E-state index in [-0.39, 0.29) is 77.4 Å². The molecule has 1 saturated carbocycles. The van der Waals surface area contributed by atoms with Crippen molar-refractivity contribution in [2.24, 2.45) is 0 Å². The number of aromatic nitrogens is 2. The van der Waals surface area contributed by atoms with Gasteiger partial charge in [0.05, 0.1) is 17.4 Å². The molecule has 40 heavy (non-hydrogen) atoms. The van der Waals surface area contributed by atoms with Crippen LogP contribution >= 0.6 is 11.3 Å². The fourth-order valence-corrected chi connectivity index (χ4v) is 7.13. The zero-order valence-corrected chi connectivity index (χ0v) is 24.6. The third-order valence-electron chi connectivity index (χ3n) is 7.87. The van der Waals surface area contributed by atoms with Gasteiger partial charge in [0.15, 0.2) is 5.13 Å². The smallest absolute Gasteiger partial charge is 0.405 e. The number of benzene rings is 2. The monoisotopic (exact) mass is 582 g/mol. The van der Waals surface area contributed by atoms with E-state index in [2.05, 4.69) is 19.8 Å². The Morgan fingerprint density at radius 1 is 1.00 bits per heavy atom. The first-order chi connectivity index (χ1) is 18.8. The molecule has 0 N–H and O–H groups in total. The summed E-state index contributed by atoms with van der Waals surface area (Å²) in [5.74, 6) is 0.265. The molecule has 0 spiro atoms. The summed E-state index contributed by atoms with van der Waals surface area (Å²) in [6.45, 7) is 0.196. The van der Waals surface area contributed by atoms with Crippen LogP contribution in [0.3, 0.4) is 0 Å². The summed E-state index contributed by atoms with van der Waals surface area (Å²) in [6.07, 6.45) is 0.665. The molecule has 2 aromatic heterocycles. The molecule has 2 bridgehead atoms. The SMILES string of the molecule is Fc1cccc2sc(N3C4CCC3CC(OCc3c(-c5ccccc5OC(F)(F)F)noc3C3CC3)C4)nc12.[Na]. The molecule has 0 amide bonds. The number of thiazole rings is 1. The van der Waals surface area contributed by atoms with Gasteiger partial charge in [0.25, 0.3) is 0 Å². The van der Waals surface area contributed by atoms with E-state index in [1.54, 1.807) is 18.2 Å². The molecule has 6 nitrogen and oxygen atoms in total. The second kappa shape index (κ2) is 10.9. The Kier molecular flexibility index (Phi) is 7.62. The average Bonchev–Trinajstić information content (AvgIpc) is 3.40. The number of anilines is 1. The molecule has 1 aliphatic carbocycles. The second-order valence-corrected chi connectivity index (χ2v) is 11.5. The minimum absolute atomic E-state index is 0. The Morgan fingerprint density at radius 2 is 1.75 bits per heavy atom. The van der Waals surface area contributed by atoms with Gasteiger partial charge in [-0.3, -0.25) is 0 Å². The standard InChI is InChI=1S/C28H25F4N3O3S.Na/c29-21-5-3-7-23-25(21)33-27(39-23)35-16-10-11-17(35)13-18(12-16)36-14-20-24(34-38-26(20)15-8-9-15)19-4-1-2-6-22(19)37-28(30,31)32;/h1-7,15-18H,8-14H2;. The van der Waals surface area contributed by atoms with Crippen LogP contribution in [0.4, 0.5) is 22.7 Å². The maximum atomic E-state index is 14.3. The molecule has 3 fully saturated rings. The van der Waals surface area contributed by atoms with Crippen molar-refractivity contribution < 1.29 is 31.6 Å². The largest absolute Gasteiger partial charge is 0.573 e. The summed E-state index contributed by atoms with van der Waals surface area (Å²) in [5.41, 5.74) is 1.65. The molecule has 4 aromatic rings. The maximum absolute atomic E-state index is 14.3. The zero-order chi connectivity index (χ0) is 26.7. The predicted octanol–water partition coefficient (Wildman–Crippen LogP) is 7.20. The van der Waals surface area contributed by atoms with Crippen LogP contribution in [0.5, 0.6) is 5.75 Å². The molecule has 3 aliphatic rings. The summed E-state index contributed by atoms with van der Waals surface area (Å²) in [5, 5.41) is 5.02. The number of halogens is 4. The van der Waals surface area contributed by atoms with Crippen LogP contribution in [0.15, 0.2) is 47.0 Å². The van der Waals surface area contributed by atoms with Crippen molar-refractivity contribution in [3.05, 3.63) is 59.6 Å². The summed E-state index contributed by atoms with van der Waals surface area (Å²) in [6, 6.07) is 11.5. The van der Waals surface area contributed by atoms with Crippen LogP contribution in [-0.2, 0) is 11.3 Å². The number of fused-ring (bicyclic) bond motifs is 3. The van der Waals surface area contributed by atoms with E-state index in [9.17, 15) is 17.6 Å². The third-order valence-corrected chi connectivity index (χ3v) is 8.90. The Balaban J connectivity index is 0.00000289. The first-order valence-electron chi connectivity index (χ1n) is 13.1. The molecular formula is C28H25F4N3NaO3S. The van der Waals surface area contributed by atoms with Crippen LogP contribution < -0.4 is 9.64 Å². The van der Waals surface area contributed by atoms with Crippen molar-refractivity contribution in [1.82, 2.24) is 10.1 Å². The number of ether oxygens (including phenoxy) is 2. The minimum atomic E-state index is -4.82. The normalized spacial score (nSPS) is 22.5. The number of nitrogens with zero attached hydrogens (tertiary/aromatic N) is 3. The maximum Gasteiger partial charge on any atom is 0.573 e. The number of alkyl halides is 3. The van der Waals surface area contributed by atoms with Gasteiger partial charge in [0.1, 0.15) is 28.5 Å². The van der Waals surface area contributed by atoms with Crippen LogP contribution in [0.1, 0.15) is 55.8 Å². The van der Waals surface area contributed by atoms with E-state index in [0.29, 0.717) is 22.5 Å². The first kappa shape index (κ1) is 28.0. The van der Waals surface area contributed by atoms with E-state index < -0.39 is 6.36 Å². The predicted molar refractivity (Wildman–Crippen MR) is 143 cm³/mol. The van der Waals surface area contributed by atoms with Gasteiger partial charge in [-0.05, 0) is 62.8 Å². The van der Waals surface area contributed by atoms with Gasteiger partial charge in [-0.2, -0.15) is 0 Å². The van der Waals surface area contributed by atoms with E-state index in [4.69, 9.17) is 9.26 Å². The number of hydrogen-bond acceptors (Lipinski definition) is 7. The van der Waals surface area contributed by atoms with E-state index in [1.807, 2.05) is 6.07 Å². The molecule has 4 heterocycles. The fraction of sp³-hybridized carbons (Fsp3) is 0.429. The molecule has 7 rings (SSSR count). The van der Waals surface area contributed by atoms with Gasteiger partial charge in [0.2, 0.25) is 0 Å². The van der Waals surface area contributed by atoms with Gasteiger partial charge in [-0.25, -0.2) is 9.37 Å². The van der Waals surface area contributed by atoms with Gasteiger partial charge in [-0.15, -0.1) is 13.2 Å². The van der Waals surface area contributed by atoms with E-state index >= 15 is 0 Å². The van der Waals surface area contributed by atoms with Crippen molar-refractivity contribution in [2.75, 3.05) is 4.90 Å². The summed E-state index contributed by atoms with van der Waals surface area (Å²) < 4.78 is 70.7. The van der Waals surface area contributed by atoms with Crippen LogP contribution in [0.25, 0.3) is 21.5 Å². The number of para-hydroxylation sites is 2. The Bertz CT molecular complexity index is 1510. The van der Waals surface area contributed by atoms with E-state index in [0.717, 1.165) is 48.4 Å². The molecule has 2 aromatic carbocycles. The fourth-order valence-electron chi connectivity index (χ4n) is 6.01.